The van der Waals surface area contributed by atoms with Gasteiger partial charge >= 0.3 is 0 Å². The first-order chi connectivity index (χ1) is 8.99. The Labute approximate surface area is 112 Å². The molecule has 2 N–H and O–H groups in total. The quantitative estimate of drug-likeness (QED) is 0.740. The average molecular weight is 267 g/mol. The Morgan fingerprint density at radius 2 is 2.00 bits per heavy atom. The number of nitrogens with zero attached hydrogens (tertiary/aromatic N) is 2. The van der Waals surface area contributed by atoms with Gasteiger partial charge in [-0.05, 0) is 38.7 Å². The number of unbranched alkanes of at least 4 members (excludes halogenated alkanes) is 2. The highest BCUT2D eigenvalue weighted by atomic mass is 16.3. The zero-order valence-electron chi connectivity index (χ0n) is 11.7. The van der Waals surface area contributed by atoms with E-state index in [1.54, 1.807) is 20.9 Å². The summed E-state index contributed by atoms with van der Waals surface area (Å²) in [4.78, 5) is 25.5. The van der Waals surface area contributed by atoms with Crippen molar-refractivity contribution < 1.29 is 9.90 Å². The molecule has 0 aliphatic rings. The van der Waals surface area contributed by atoms with Crippen LogP contribution in [0, 0.1) is 13.8 Å². The van der Waals surface area contributed by atoms with E-state index < -0.39 is 5.56 Å². The lowest BCUT2D eigenvalue weighted by atomic mass is 10.1. The van der Waals surface area contributed by atoms with Crippen molar-refractivity contribution in [2.24, 2.45) is 0 Å². The number of aliphatic hydroxyl groups excluding tert-OH is 1. The van der Waals surface area contributed by atoms with Crippen molar-refractivity contribution in [3.05, 3.63) is 27.2 Å². The topological polar surface area (TPSA) is 86.3 Å². The Hall–Kier alpha value is -1.69. The monoisotopic (exact) mass is 267 g/mol. The van der Waals surface area contributed by atoms with Gasteiger partial charge in [0, 0.05) is 20.2 Å². The van der Waals surface area contributed by atoms with E-state index in [0.29, 0.717) is 17.8 Å². The van der Waals surface area contributed by atoms with E-state index in [0.717, 1.165) is 19.3 Å². The first kappa shape index (κ1) is 15.4. The van der Waals surface area contributed by atoms with Gasteiger partial charge in [0.2, 0.25) is 0 Å². The Morgan fingerprint density at radius 3 is 2.63 bits per heavy atom. The van der Waals surface area contributed by atoms with E-state index in [4.69, 9.17) is 5.11 Å². The van der Waals surface area contributed by atoms with Crippen LogP contribution in [0.1, 0.15) is 40.9 Å². The Balaban J connectivity index is 2.77. The molecule has 0 spiro atoms. The van der Waals surface area contributed by atoms with Crippen molar-refractivity contribution >= 4 is 5.91 Å². The molecule has 0 bridgehead atoms. The van der Waals surface area contributed by atoms with E-state index in [2.05, 4.69) is 10.2 Å². The van der Waals surface area contributed by atoms with Crippen LogP contribution in [0.15, 0.2) is 4.79 Å². The van der Waals surface area contributed by atoms with Crippen LogP contribution < -0.4 is 5.56 Å². The lowest BCUT2D eigenvalue weighted by molar-refractivity contribution is 0.0789. The first-order valence-corrected chi connectivity index (χ1v) is 6.41. The third kappa shape index (κ3) is 3.89. The van der Waals surface area contributed by atoms with E-state index in [1.807, 2.05) is 0 Å². The van der Waals surface area contributed by atoms with Crippen molar-refractivity contribution in [3.8, 4) is 0 Å². The van der Waals surface area contributed by atoms with Gasteiger partial charge in [-0.1, -0.05) is 0 Å². The second kappa shape index (κ2) is 7.04. The standard InChI is InChI=1S/C13H21N3O3/c1-9-10(2)14-15-12(18)11(9)13(19)16(3)7-5-4-6-8-17/h17H,4-8H2,1-3H3,(H,15,18). The molecule has 0 saturated heterocycles. The number of aliphatic hydroxyl groups is 1. The number of aromatic amines is 1. The van der Waals surface area contributed by atoms with Crippen LogP contribution in [0.5, 0.6) is 0 Å². The predicted molar refractivity (Wildman–Crippen MR) is 72.2 cm³/mol. The minimum Gasteiger partial charge on any atom is -0.396 e. The normalized spacial score (nSPS) is 10.5. The van der Waals surface area contributed by atoms with Gasteiger partial charge in [0.15, 0.2) is 0 Å². The lowest BCUT2D eigenvalue weighted by Crippen LogP contribution is -2.34. The molecule has 1 heterocycles. The van der Waals surface area contributed by atoms with Gasteiger partial charge in [0.1, 0.15) is 5.56 Å². The number of hydrogen-bond acceptors (Lipinski definition) is 4. The zero-order chi connectivity index (χ0) is 14.4. The fraction of sp³-hybridized carbons (Fsp3) is 0.615. The molecule has 1 amide bonds. The summed E-state index contributed by atoms with van der Waals surface area (Å²) < 4.78 is 0. The molecule has 0 radical (unpaired) electrons. The Morgan fingerprint density at radius 1 is 1.32 bits per heavy atom. The van der Waals surface area contributed by atoms with Gasteiger partial charge in [0.25, 0.3) is 11.5 Å². The van der Waals surface area contributed by atoms with Gasteiger partial charge in [-0.25, -0.2) is 5.10 Å². The number of aromatic nitrogens is 2. The Kier molecular flexibility index (Phi) is 5.69. The highest BCUT2D eigenvalue weighted by molar-refractivity contribution is 5.95. The second-order valence-electron chi connectivity index (χ2n) is 4.65. The predicted octanol–water partition coefficient (Wildman–Crippen LogP) is 0.621. The van der Waals surface area contributed by atoms with E-state index in [9.17, 15) is 9.59 Å². The molecular formula is C13H21N3O3. The number of nitrogens with one attached hydrogen (secondary N) is 1. The number of carbonyl (C=O) groups excluding carboxylic acids is 1. The number of H-pyrrole nitrogens is 1. The SMILES string of the molecule is Cc1n[nH]c(=O)c(C(=O)N(C)CCCCCO)c1C. The molecule has 0 atom stereocenters. The molecule has 106 valence electrons. The molecule has 1 aromatic rings. The molecule has 0 aliphatic heterocycles. The van der Waals surface area contributed by atoms with E-state index in [-0.39, 0.29) is 18.1 Å². The van der Waals surface area contributed by atoms with Crippen molar-refractivity contribution in [3.63, 3.8) is 0 Å². The summed E-state index contributed by atoms with van der Waals surface area (Å²) in [5.74, 6) is -0.284. The second-order valence-corrected chi connectivity index (χ2v) is 4.65. The average Bonchev–Trinajstić information content (AvgIpc) is 2.39. The van der Waals surface area contributed by atoms with Crippen LogP contribution in [0.25, 0.3) is 0 Å². The van der Waals surface area contributed by atoms with Crippen molar-refractivity contribution in [1.82, 2.24) is 15.1 Å². The zero-order valence-corrected chi connectivity index (χ0v) is 11.7. The molecule has 1 aromatic heterocycles. The summed E-state index contributed by atoms with van der Waals surface area (Å²) in [5.41, 5.74) is 0.986. The smallest absolute Gasteiger partial charge is 0.277 e. The van der Waals surface area contributed by atoms with E-state index >= 15 is 0 Å². The van der Waals surface area contributed by atoms with Gasteiger partial charge in [-0.2, -0.15) is 5.10 Å². The molecular weight excluding hydrogens is 246 g/mol. The molecule has 0 aliphatic carbocycles. The van der Waals surface area contributed by atoms with Crippen LogP contribution in [0.4, 0.5) is 0 Å². The van der Waals surface area contributed by atoms with Crippen LogP contribution >= 0.6 is 0 Å². The molecule has 19 heavy (non-hydrogen) atoms. The molecule has 1 rings (SSSR count). The van der Waals surface area contributed by atoms with Crippen LogP contribution in [-0.2, 0) is 0 Å². The van der Waals surface area contributed by atoms with Crippen molar-refractivity contribution in [2.45, 2.75) is 33.1 Å². The number of rotatable bonds is 6. The lowest BCUT2D eigenvalue weighted by Gasteiger charge is -2.17. The summed E-state index contributed by atoms with van der Waals surface area (Å²) in [7, 11) is 1.68. The highest BCUT2D eigenvalue weighted by Gasteiger charge is 2.19. The minimum absolute atomic E-state index is 0.164. The Bertz CT molecular complexity index is 496. The molecule has 0 unspecified atom stereocenters. The first-order valence-electron chi connectivity index (χ1n) is 6.41. The number of carbonyl (C=O) groups is 1. The summed E-state index contributed by atoms with van der Waals surface area (Å²) in [6, 6.07) is 0. The maximum absolute atomic E-state index is 12.2. The van der Waals surface area contributed by atoms with Crippen LogP contribution in [0.2, 0.25) is 0 Å². The van der Waals surface area contributed by atoms with Gasteiger partial charge in [-0.3, -0.25) is 9.59 Å². The number of hydrogen-bond donors (Lipinski definition) is 2. The van der Waals surface area contributed by atoms with Gasteiger partial charge in [0.05, 0.1) is 5.69 Å². The summed E-state index contributed by atoms with van der Waals surface area (Å²) in [6.07, 6.45) is 2.40. The molecule has 0 saturated carbocycles. The van der Waals surface area contributed by atoms with Crippen molar-refractivity contribution in [1.29, 1.82) is 0 Å². The van der Waals surface area contributed by atoms with Gasteiger partial charge in [-0.15, -0.1) is 0 Å². The summed E-state index contributed by atoms with van der Waals surface area (Å²) in [6.45, 7) is 4.22. The summed E-state index contributed by atoms with van der Waals surface area (Å²) >= 11 is 0. The largest absolute Gasteiger partial charge is 0.396 e. The fourth-order valence-electron chi connectivity index (χ4n) is 1.81. The van der Waals surface area contributed by atoms with Gasteiger partial charge < -0.3 is 10.0 Å². The third-order valence-corrected chi connectivity index (χ3v) is 3.18. The fourth-order valence-corrected chi connectivity index (χ4v) is 1.81. The maximum Gasteiger partial charge on any atom is 0.277 e. The molecule has 0 fully saturated rings. The number of amides is 1. The molecule has 6 nitrogen and oxygen atoms in total. The summed E-state index contributed by atoms with van der Waals surface area (Å²) in [5, 5.41) is 14.9. The highest BCUT2D eigenvalue weighted by Crippen LogP contribution is 2.08. The molecule has 6 heteroatoms. The number of aryl methyl sites for hydroxylation is 1. The third-order valence-electron chi connectivity index (χ3n) is 3.18. The van der Waals surface area contributed by atoms with Crippen LogP contribution in [-0.4, -0.2) is 46.3 Å². The van der Waals surface area contributed by atoms with E-state index in [1.165, 1.54) is 4.90 Å². The molecule has 0 aromatic carbocycles. The maximum atomic E-state index is 12.2. The van der Waals surface area contributed by atoms with Crippen LogP contribution in [0.3, 0.4) is 0 Å². The minimum atomic E-state index is -0.449. The van der Waals surface area contributed by atoms with Crippen molar-refractivity contribution in [2.75, 3.05) is 20.2 Å².